The number of carbonyl (C=O) groups excluding carboxylic acids is 1. The lowest BCUT2D eigenvalue weighted by Crippen LogP contribution is -2.44. The van der Waals surface area contributed by atoms with Crippen molar-refractivity contribution in [3.63, 3.8) is 0 Å². The molecule has 3 rings (SSSR count). The number of halogens is 1. The quantitative estimate of drug-likeness (QED) is 0.761. The number of nitriles is 2. The number of nitrogens with two attached hydrogens (primary N) is 1. The highest BCUT2D eigenvalue weighted by Crippen LogP contribution is 2.52. The van der Waals surface area contributed by atoms with Crippen LogP contribution in [0.1, 0.15) is 31.2 Å². The van der Waals surface area contributed by atoms with Gasteiger partial charge in [-0.15, -0.1) is 0 Å². The van der Waals surface area contributed by atoms with E-state index in [1.54, 1.807) is 6.92 Å². The summed E-state index contributed by atoms with van der Waals surface area (Å²) in [4.78, 5) is 12.9. The van der Waals surface area contributed by atoms with E-state index in [0.29, 0.717) is 0 Å². The highest BCUT2D eigenvalue weighted by atomic mass is 79.9. The molecule has 1 aromatic carbocycles. The highest BCUT2D eigenvalue weighted by Gasteiger charge is 2.54. The van der Waals surface area contributed by atoms with Gasteiger partial charge in [-0.2, -0.15) is 10.5 Å². The molecule has 0 saturated heterocycles. The van der Waals surface area contributed by atoms with Gasteiger partial charge in [0.25, 0.3) is 0 Å². The third-order valence-electron chi connectivity index (χ3n) is 4.93. The second-order valence-corrected chi connectivity index (χ2v) is 7.38. The maximum absolute atomic E-state index is 12.9. The van der Waals surface area contributed by atoms with Crippen LogP contribution in [0.4, 0.5) is 0 Å². The number of carbonyl (C=O) groups is 1. The van der Waals surface area contributed by atoms with Crippen LogP contribution >= 0.6 is 15.9 Å². The zero-order chi connectivity index (χ0) is 18.9. The van der Waals surface area contributed by atoms with Crippen LogP contribution in [0, 0.1) is 34.0 Å². The summed E-state index contributed by atoms with van der Waals surface area (Å²) in [5, 5.41) is 19.7. The smallest absolute Gasteiger partial charge is 0.333 e. The van der Waals surface area contributed by atoms with Gasteiger partial charge < -0.3 is 10.5 Å². The normalized spacial score (nSPS) is 25.1. The van der Waals surface area contributed by atoms with Gasteiger partial charge in [-0.05, 0) is 49.0 Å². The van der Waals surface area contributed by atoms with E-state index in [-0.39, 0.29) is 23.8 Å². The molecule has 1 aromatic rings. The summed E-state index contributed by atoms with van der Waals surface area (Å²) in [6, 6.07) is 11.6. The van der Waals surface area contributed by atoms with Crippen molar-refractivity contribution in [2.24, 2.45) is 17.1 Å². The van der Waals surface area contributed by atoms with Crippen LogP contribution in [-0.4, -0.2) is 12.6 Å². The summed E-state index contributed by atoms with van der Waals surface area (Å²) in [7, 11) is 0. The standard InChI is InChI=1S/C20H18BrN3O2/c1-2-26-19(25)20(11-23)17(13-5-7-14(21)8-6-13)9-15(12-3-4-12)16(10-22)18(20)24/h5-9,12,17H,2-4,24H2,1H3/t17-,20-/m0/s1. The largest absolute Gasteiger partial charge is 0.464 e. The Labute approximate surface area is 160 Å². The number of benzene rings is 1. The fraction of sp³-hybridized carbons (Fsp3) is 0.350. The van der Waals surface area contributed by atoms with Crippen molar-refractivity contribution in [3.05, 3.63) is 57.2 Å². The summed E-state index contributed by atoms with van der Waals surface area (Å²) in [5.41, 5.74) is 6.43. The number of ether oxygens (including phenoxy) is 1. The van der Waals surface area contributed by atoms with E-state index in [2.05, 4.69) is 28.1 Å². The first-order valence-electron chi connectivity index (χ1n) is 8.45. The molecule has 0 amide bonds. The van der Waals surface area contributed by atoms with E-state index in [4.69, 9.17) is 10.5 Å². The molecule has 2 aliphatic carbocycles. The highest BCUT2D eigenvalue weighted by molar-refractivity contribution is 9.10. The molecule has 1 fully saturated rings. The molecule has 0 radical (unpaired) electrons. The van der Waals surface area contributed by atoms with Gasteiger partial charge in [0.2, 0.25) is 5.41 Å². The lowest BCUT2D eigenvalue weighted by atomic mass is 9.65. The Morgan fingerprint density at radius 1 is 1.35 bits per heavy atom. The van der Waals surface area contributed by atoms with Crippen molar-refractivity contribution in [2.45, 2.75) is 25.7 Å². The zero-order valence-electron chi connectivity index (χ0n) is 14.3. The molecule has 0 heterocycles. The number of hydrogen-bond donors (Lipinski definition) is 1. The summed E-state index contributed by atoms with van der Waals surface area (Å²) in [6.07, 6.45) is 3.84. The molecule has 26 heavy (non-hydrogen) atoms. The first-order chi connectivity index (χ1) is 12.5. The molecule has 5 nitrogen and oxygen atoms in total. The number of esters is 1. The van der Waals surface area contributed by atoms with Gasteiger partial charge in [0, 0.05) is 10.4 Å². The molecule has 0 aromatic heterocycles. The van der Waals surface area contributed by atoms with Crippen LogP contribution in [-0.2, 0) is 9.53 Å². The van der Waals surface area contributed by atoms with E-state index < -0.39 is 17.3 Å². The molecule has 0 bridgehead atoms. The Kier molecular flexibility index (Phi) is 4.89. The first kappa shape index (κ1) is 18.2. The zero-order valence-corrected chi connectivity index (χ0v) is 15.9. The van der Waals surface area contributed by atoms with Gasteiger partial charge >= 0.3 is 5.97 Å². The minimum atomic E-state index is -1.74. The van der Waals surface area contributed by atoms with E-state index in [9.17, 15) is 15.3 Å². The van der Waals surface area contributed by atoms with Crippen molar-refractivity contribution in [1.82, 2.24) is 0 Å². The topological polar surface area (TPSA) is 99.9 Å². The second kappa shape index (κ2) is 6.97. The number of hydrogen-bond acceptors (Lipinski definition) is 5. The number of rotatable bonds is 4. The molecule has 2 aliphatic rings. The molecular formula is C20H18BrN3O2. The van der Waals surface area contributed by atoms with Gasteiger partial charge in [-0.25, -0.2) is 4.79 Å². The average molecular weight is 412 g/mol. The second-order valence-electron chi connectivity index (χ2n) is 6.47. The van der Waals surface area contributed by atoms with E-state index >= 15 is 0 Å². The van der Waals surface area contributed by atoms with Crippen molar-refractivity contribution in [1.29, 1.82) is 10.5 Å². The SMILES string of the molecule is CCOC(=O)[C@]1(C#N)C(N)=C(C#N)C(C2CC2)=C[C@H]1c1ccc(Br)cc1. The predicted octanol–water partition coefficient (Wildman–Crippen LogP) is 3.69. The molecule has 0 spiro atoms. The van der Waals surface area contributed by atoms with Gasteiger partial charge in [0.15, 0.2) is 0 Å². The fourth-order valence-corrected chi connectivity index (χ4v) is 3.71. The molecular weight excluding hydrogens is 394 g/mol. The van der Waals surface area contributed by atoms with Crippen LogP contribution in [0.2, 0.25) is 0 Å². The third-order valence-corrected chi connectivity index (χ3v) is 5.46. The molecule has 2 N–H and O–H groups in total. The number of nitrogens with zero attached hydrogens (tertiary/aromatic N) is 2. The van der Waals surface area contributed by atoms with E-state index in [1.165, 1.54) is 0 Å². The lowest BCUT2D eigenvalue weighted by Gasteiger charge is -2.36. The fourth-order valence-electron chi connectivity index (χ4n) is 3.44. The summed E-state index contributed by atoms with van der Waals surface area (Å²) in [6.45, 7) is 1.81. The Morgan fingerprint density at radius 2 is 2.00 bits per heavy atom. The average Bonchev–Trinajstić information content (AvgIpc) is 3.47. The van der Waals surface area contributed by atoms with Crippen molar-refractivity contribution in [3.8, 4) is 12.1 Å². The Morgan fingerprint density at radius 3 is 2.50 bits per heavy atom. The van der Waals surface area contributed by atoms with Crippen molar-refractivity contribution >= 4 is 21.9 Å². The number of allylic oxidation sites excluding steroid dienone is 3. The molecule has 0 aliphatic heterocycles. The monoisotopic (exact) mass is 411 g/mol. The molecule has 1 saturated carbocycles. The molecule has 2 atom stereocenters. The van der Waals surface area contributed by atoms with E-state index in [1.807, 2.05) is 30.3 Å². The van der Waals surface area contributed by atoms with Crippen LogP contribution < -0.4 is 5.73 Å². The van der Waals surface area contributed by atoms with E-state index in [0.717, 1.165) is 28.5 Å². The van der Waals surface area contributed by atoms with Gasteiger partial charge in [0.05, 0.1) is 23.9 Å². The summed E-state index contributed by atoms with van der Waals surface area (Å²) < 4.78 is 6.09. The Bertz CT molecular complexity index is 885. The maximum Gasteiger partial charge on any atom is 0.333 e. The third kappa shape index (κ3) is 2.81. The van der Waals surface area contributed by atoms with Crippen LogP contribution in [0.5, 0.6) is 0 Å². The van der Waals surface area contributed by atoms with Crippen LogP contribution in [0.15, 0.2) is 51.7 Å². The first-order valence-corrected chi connectivity index (χ1v) is 9.25. The van der Waals surface area contributed by atoms with Gasteiger partial charge in [-0.3, -0.25) is 0 Å². The van der Waals surface area contributed by atoms with Gasteiger partial charge in [0.1, 0.15) is 6.07 Å². The Hall–Kier alpha value is -2.57. The minimum Gasteiger partial charge on any atom is -0.464 e. The summed E-state index contributed by atoms with van der Waals surface area (Å²) in [5.74, 6) is -1.06. The van der Waals surface area contributed by atoms with Crippen molar-refractivity contribution in [2.75, 3.05) is 6.61 Å². The van der Waals surface area contributed by atoms with Crippen LogP contribution in [0.25, 0.3) is 0 Å². The molecule has 0 unspecified atom stereocenters. The molecule has 6 heteroatoms. The molecule has 132 valence electrons. The minimum absolute atomic E-state index is 0.00160. The lowest BCUT2D eigenvalue weighted by molar-refractivity contribution is -0.150. The van der Waals surface area contributed by atoms with Crippen LogP contribution in [0.3, 0.4) is 0 Å². The summed E-state index contributed by atoms with van der Waals surface area (Å²) >= 11 is 3.40. The maximum atomic E-state index is 12.9. The Balaban J connectivity index is 2.24. The van der Waals surface area contributed by atoms with Gasteiger partial charge in [-0.1, -0.05) is 34.1 Å². The van der Waals surface area contributed by atoms with Crippen molar-refractivity contribution < 1.29 is 9.53 Å². The predicted molar refractivity (Wildman–Crippen MR) is 99.2 cm³/mol.